The van der Waals surface area contributed by atoms with Gasteiger partial charge in [-0.1, -0.05) is 0 Å². The van der Waals surface area contributed by atoms with Crippen LogP contribution in [-0.4, -0.2) is 21.1 Å². The Labute approximate surface area is 102 Å². The molecule has 2 rings (SSSR count). The van der Waals surface area contributed by atoms with Gasteiger partial charge in [-0.25, -0.2) is 10.1 Å². The van der Waals surface area contributed by atoms with Crippen LogP contribution in [0.2, 0.25) is 0 Å². The summed E-state index contributed by atoms with van der Waals surface area (Å²) >= 11 is 0. The molecule has 0 atom stereocenters. The van der Waals surface area contributed by atoms with Gasteiger partial charge in [-0.05, 0) is 6.07 Å². The van der Waals surface area contributed by atoms with Crippen LogP contribution >= 0.6 is 0 Å². The minimum atomic E-state index is -0.292. The zero-order valence-corrected chi connectivity index (χ0v) is 9.60. The molecule has 0 unspecified atom stereocenters. The molecule has 7 heteroatoms. The van der Waals surface area contributed by atoms with E-state index in [1.54, 1.807) is 6.07 Å². The highest BCUT2D eigenvalue weighted by molar-refractivity contribution is 5.89. The molecule has 0 aliphatic carbocycles. The summed E-state index contributed by atoms with van der Waals surface area (Å²) in [6, 6.07) is 4.43. The molecule has 92 valence electrons. The molecule has 0 radical (unpaired) electrons. The Morgan fingerprint density at radius 2 is 2.22 bits per heavy atom. The maximum absolute atomic E-state index is 10.9. The average Bonchev–Trinajstić information content (AvgIpc) is 2.30. The van der Waals surface area contributed by atoms with E-state index in [-0.39, 0.29) is 11.5 Å². The highest BCUT2D eigenvalue weighted by Crippen LogP contribution is 2.24. The molecule has 18 heavy (non-hydrogen) atoms. The minimum Gasteiger partial charge on any atom is -0.398 e. The summed E-state index contributed by atoms with van der Waals surface area (Å²) in [5, 5.41) is 8.69. The van der Waals surface area contributed by atoms with Crippen molar-refractivity contribution < 1.29 is 4.79 Å². The van der Waals surface area contributed by atoms with Gasteiger partial charge in [-0.2, -0.15) is 5.10 Å². The Hall–Kier alpha value is -2.70. The van der Waals surface area contributed by atoms with Gasteiger partial charge >= 0.3 is 0 Å². The number of nitrogens with one attached hydrogen (secondary N) is 2. The van der Waals surface area contributed by atoms with Gasteiger partial charge in [0.25, 0.3) is 5.56 Å². The molecule has 1 amide bonds. The average molecular weight is 245 g/mol. The van der Waals surface area contributed by atoms with E-state index in [2.05, 4.69) is 20.5 Å². The zero-order valence-electron chi connectivity index (χ0n) is 9.60. The van der Waals surface area contributed by atoms with E-state index in [1.165, 1.54) is 25.3 Å². The second-order valence-corrected chi connectivity index (χ2v) is 3.64. The van der Waals surface area contributed by atoms with Crippen molar-refractivity contribution in [1.82, 2.24) is 15.2 Å². The Morgan fingerprint density at radius 1 is 1.44 bits per heavy atom. The zero-order chi connectivity index (χ0) is 13.1. The van der Waals surface area contributed by atoms with Crippen molar-refractivity contribution in [3.63, 3.8) is 0 Å². The second kappa shape index (κ2) is 4.66. The number of H-pyrrole nitrogens is 1. The molecule has 0 saturated carbocycles. The lowest BCUT2D eigenvalue weighted by Gasteiger charge is -2.06. The number of amides is 1. The highest BCUT2D eigenvalue weighted by Gasteiger charge is 2.07. The summed E-state index contributed by atoms with van der Waals surface area (Å²) in [5.74, 6) is 0.144. The number of carbonyl (C=O) groups is 1. The van der Waals surface area contributed by atoms with Crippen molar-refractivity contribution in [3.8, 4) is 11.3 Å². The van der Waals surface area contributed by atoms with Crippen molar-refractivity contribution in [2.45, 2.75) is 6.92 Å². The number of nitrogen functional groups attached to an aromatic ring is 1. The Kier molecular flexibility index (Phi) is 3.05. The molecule has 0 aromatic carbocycles. The Balaban J connectivity index is 2.38. The van der Waals surface area contributed by atoms with Gasteiger partial charge in [0, 0.05) is 36.5 Å². The summed E-state index contributed by atoms with van der Waals surface area (Å²) in [5.41, 5.74) is 7.05. The van der Waals surface area contributed by atoms with Crippen LogP contribution in [0.15, 0.2) is 29.2 Å². The van der Waals surface area contributed by atoms with Crippen molar-refractivity contribution in [3.05, 3.63) is 34.7 Å². The fourth-order valence-electron chi connectivity index (χ4n) is 1.43. The number of aromatic amines is 1. The van der Waals surface area contributed by atoms with E-state index < -0.39 is 0 Å². The number of hydrogen-bond donors (Lipinski definition) is 3. The number of aromatic nitrogens is 3. The van der Waals surface area contributed by atoms with Crippen LogP contribution in [0.4, 0.5) is 11.5 Å². The van der Waals surface area contributed by atoms with Crippen LogP contribution < -0.4 is 16.6 Å². The van der Waals surface area contributed by atoms with Gasteiger partial charge in [0.15, 0.2) is 0 Å². The number of hydrogen-bond acceptors (Lipinski definition) is 5. The van der Waals surface area contributed by atoms with E-state index in [0.29, 0.717) is 22.8 Å². The van der Waals surface area contributed by atoms with Gasteiger partial charge in [0.05, 0.1) is 5.69 Å². The van der Waals surface area contributed by atoms with Crippen LogP contribution in [-0.2, 0) is 4.79 Å². The molecule has 0 fully saturated rings. The molecule has 0 spiro atoms. The number of nitrogens with two attached hydrogens (primary N) is 1. The van der Waals surface area contributed by atoms with Crippen LogP contribution in [0.25, 0.3) is 11.3 Å². The van der Waals surface area contributed by atoms with Gasteiger partial charge in [0.1, 0.15) is 5.82 Å². The third kappa shape index (κ3) is 2.51. The van der Waals surface area contributed by atoms with Crippen molar-refractivity contribution in [2.24, 2.45) is 0 Å². The van der Waals surface area contributed by atoms with E-state index in [0.717, 1.165) is 0 Å². The SMILES string of the molecule is CC(=O)Nc1cc(N)c(-c2ccc(=O)[nH]n2)cn1. The highest BCUT2D eigenvalue weighted by atomic mass is 16.1. The summed E-state index contributed by atoms with van der Waals surface area (Å²) in [4.78, 5) is 25.8. The van der Waals surface area contributed by atoms with Gasteiger partial charge in [-0.3, -0.25) is 9.59 Å². The van der Waals surface area contributed by atoms with Gasteiger partial charge in [0.2, 0.25) is 5.91 Å². The molecule has 0 aliphatic rings. The minimum absolute atomic E-state index is 0.225. The summed E-state index contributed by atoms with van der Waals surface area (Å²) < 4.78 is 0. The third-order valence-corrected chi connectivity index (χ3v) is 2.20. The van der Waals surface area contributed by atoms with Crippen LogP contribution in [0, 0.1) is 0 Å². The predicted octanol–water partition coefficient (Wildman–Crippen LogP) is 0.372. The fraction of sp³-hybridized carbons (Fsp3) is 0.0909. The number of rotatable bonds is 2. The van der Waals surface area contributed by atoms with Crippen LogP contribution in [0.5, 0.6) is 0 Å². The Bertz CT molecular complexity index is 630. The first-order valence-corrected chi connectivity index (χ1v) is 5.15. The molecular formula is C11H11N5O2. The quantitative estimate of drug-likeness (QED) is 0.707. The maximum atomic E-state index is 10.9. The fourth-order valence-corrected chi connectivity index (χ4v) is 1.43. The molecule has 2 aromatic rings. The van der Waals surface area contributed by atoms with E-state index >= 15 is 0 Å². The molecule has 7 nitrogen and oxygen atoms in total. The summed E-state index contributed by atoms with van der Waals surface area (Å²) in [7, 11) is 0. The monoisotopic (exact) mass is 245 g/mol. The van der Waals surface area contributed by atoms with Gasteiger partial charge in [-0.15, -0.1) is 0 Å². The van der Waals surface area contributed by atoms with Crippen LogP contribution in [0.1, 0.15) is 6.92 Å². The van der Waals surface area contributed by atoms with Crippen LogP contribution in [0.3, 0.4) is 0 Å². The molecule has 2 heterocycles. The number of pyridine rings is 1. The number of carbonyl (C=O) groups excluding carboxylic acids is 1. The lowest BCUT2D eigenvalue weighted by Crippen LogP contribution is -2.09. The lowest BCUT2D eigenvalue weighted by molar-refractivity contribution is -0.114. The van der Waals surface area contributed by atoms with Gasteiger partial charge < -0.3 is 11.1 Å². The topological polar surface area (TPSA) is 114 Å². The molecule has 2 aromatic heterocycles. The largest absolute Gasteiger partial charge is 0.398 e. The molecule has 0 bridgehead atoms. The summed E-state index contributed by atoms with van der Waals surface area (Å²) in [6.07, 6.45) is 1.49. The van der Waals surface area contributed by atoms with E-state index in [9.17, 15) is 9.59 Å². The van der Waals surface area contributed by atoms with Crippen molar-refractivity contribution >= 4 is 17.4 Å². The molecule has 4 N–H and O–H groups in total. The molecule has 0 aliphatic heterocycles. The molecule has 0 saturated heterocycles. The standard InChI is InChI=1S/C11H11N5O2/c1-6(17)14-10-4-8(12)7(5-13-10)9-2-3-11(18)16-15-9/h2-5H,1H3,(H,16,18)(H3,12,13,14,17). The first-order valence-electron chi connectivity index (χ1n) is 5.15. The van der Waals surface area contributed by atoms with E-state index in [4.69, 9.17) is 5.73 Å². The van der Waals surface area contributed by atoms with E-state index in [1.807, 2.05) is 0 Å². The smallest absolute Gasteiger partial charge is 0.264 e. The predicted molar refractivity (Wildman–Crippen MR) is 66.8 cm³/mol. The van der Waals surface area contributed by atoms with Crippen molar-refractivity contribution in [1.29, 1.82) is 0 Å². The first kappa shape index (κ1) is 11.8. The first-order chi connectivity index (χ1) is 8.56. The van der Waals surface area contributed by atoms with Crippen molar-refractivity contribution in [2.75, 3.05) is 11.1 Å². The third-order valence-electron chi connectivity index (χ3n) is 2.20. The number of anilines is 2. The Morgan fingerprint density at radius 3 is 2.78 bits per heavy atom. The summed E-state index contributed by atoms with van der Waals surface area (Å²) in [6.45, 7) is 1.38. The maximum Gasteiger partial charge on any atom is 0.264 e. The second-order valence-electron chi connectivity index (χ2n) is 3.64. The lowest BCUT2D eigenvalue weighted by atomic mass is 10.1. The normalized spacial score (nSPS) is 10.1. The molecular weight excluding hydrogens is 234 g/mol. The number of nitrogens with zero attached hydrogens (tertiary/aromatic N) is 2.